The average Bonchev–Trinajstić information content (AvgIpc) is 2.24. The lowest BCUT2D eigenvalue weighted by Gasteiger charge is -2.18. The van der Waals surface area contributed by atoms with E-state index in [1.807, 2.05) is 20.8 Å². The predicted octanol–water partition coefficient (Wildman–Crippen LogP) is 4.10. The fourth-order valence-corrected chi connectivity index (χ4v) is 2.84. The Morgan fingerprint density at radius 1 is 1.06 bits per heavy atom. The second-order valence-corrected chi connectivity index (χ2v) is 5.58. The van der Waals surface area contributed by atoms with Crippen LogP contribution < -0.4 is 0 Å². The van der Waals surface area contributed by atoms with E-state index in [0.29, 0.717) is 25.1 Å². The molecular weight excluding hydrogens is 239 g/mol. The second kappa shape index (κ2) is 8.51. The van der Waals surface area contributed by atoms with Crippen LogP contribution in [0.1, 0.15) is 34.6 Å². The Balaban J connectivity index is 5.21. The van der Waals surface area contributed by atoms with E-state index in [0.717, 1.165) is 5.57 Å². The monoisotopic (exact) mass is 262 g/mol. The lowest BCUT2D eigenvalue weighted by molar-refractivity contribution is 0.223. The van der Waals surface area contributed by atoms with Gasteiger partial charge in [-0.2, -0.15) is 0 Å². The van der Waals surface area contributed by atoms with Crippen molar-refractivity contribution in [3.05, 3.63) is 23.2 Å². The average molecular weight is 262 g/mol. The Hall–Kier alpha value is -0.570. The maximum atomic E-state index is 12.5. The molecule has 100 valence electrons. The van der Waals surface area contributed by atoms with Gasteiger partial charge in [-0.15, -0.1) is 0 Å². The first-order valence-corrected chi connectivity index (χ1v) is 7.40. The van der Waals surface area contributed by atoms with Crippen molar-refractivity contribution >= 4 is 7.60 Å². The first-order chi connectivity index (χ1) is 8.00. The van der Waals surface area contributed by atoms with Crippen LogP contribution in [0.15, 0.2) is 23.2 Å². The molecule has 0 rings (SSSR count). The summed E-state index contributed by atoms with van der Waals surface area (Å²) < 4.78 is 28.3. The topological polar surface area (TPSA) is 44.8 Å². The highest BCUT2D eigenvalue weighted by molar-refractivity contribution is 7.58. The van der Waals surface area contributed by atoms with E-state index in [9.17, 15) is 4.57 Å². The van der Waals surface area contributed by atoms with E-state index in [-0.39, 0.29) is 0 Å². The minimum atomic E-state index is -3.25. The van der Waals surface area contributed by atoms with Crippen LogP contribution in [0.4, 0.5) is 0 Å². The molecule has 0 spiro atoms. The van der Waals surface area contributed by atoms with E-state index in [1.165, 1.54) is 6.26 Å². The predicted molar refractivity (Wildman–Crippen MR) is 70.0 cm³/mol. The van der Waals surface area contributed by atoms with Gasteiger partial charge in [0, 0.05) is 0 Å². The summed E-state index contributed by atoms with van der Waals surface area (Å²) in [5, 5.41) is 0.461. The summed E-state index contributed by atoms with van der Waals surface area (Å²) in [7, 11) is -3.25. The molecule has 0 amide bonds. The Bertz CT molecular complexity index is 306. The maximum absolute atomic E-state index is 12.5. The van der Waals surface area contributed by atoms with Crippen molar-refractivity contribution < 1.29 is 18.3 Å². The summed E-state index contributed by atoms with van der Waals surface area (Å²) in [6, 6.07) is 0. The van der Waals surface area contributed by atoms with Gasteiger partial charge in [0.15, 0.2) is 0 Å². The molecule has 0 aliphatic carbocycles. The molecule has 0 saturated heterocycles. The highest BCUT2D eigenvalue weighted by atomic mass is 31.2. The van der Waals surface area contributed by atoms with Crippen LogP contribution in [-0.4, -0.2) is 19.8 Å². The summed E-state index contributed by atoms with van der Waals surface area (Å²) in [4.78, 5) is 0. The van der Waals surface area contributed by atoms with Crippen LogP contribution in [0.3, 0.4) is 0 Å². The summed E-state index contributed by atoms with van der Waals surface area (Å²) in [6.07, 6.45) is 3.22. The largest absolute Gasteiger partial charge is 0.501 e. The van der Waals surface area contributed by atoms with Crippen LogP contribution >= 0.6 is 7.60 Å². The molecule has 0 aromatic rings. The second-order valence-electron chi connectivity index (χ2n) is 3.55. The summed E-state index contributed by atoms with van der Waals surface area (Å²) >= 11 is 0. The van der Waals surface area contributed by atoms with Gasteiger partial charge in [0.05, 0.1) is 31.4 Å². The van der Waals surface area contributed by atoms with Crippen LogP contribution in [-0.2, 0) is 18.3 Å². The third kappa shape index (κ3) is 6.06. The van der Waals surface area contributed by atoms with Gasteiger partial charge in [-0.1, -0.05) is 5.57 Å². The lowest BCUT2D eigenvalue weighted by Crippen LogP contribution is -1.99. The third-order valence-corrected chi connectivity index (χ3v) is 3.78. The number of allylic oxidation sites excluding steroid dienone is 3. The molecule has 0 unspecified atom stereocenters. The zero-order valence-electron chi connectivity index (χ0n) is 11.4. The molecule has 17 heavy (non-hydrogen) atoms. The summed E-state index contributed by atoms with van der Waals surface area (Å²) in [5.41, 5.74) is 1.01. The molecule has 0 aromatic heterocycles. The standard InChI is InChI=1S/C12H23O4P/c1-6-14-10-12(9-11(4)5)17(13,15-7-2)16-8-3/h9-10H,6-8H2,1-5H3/b12-10-. The molecule has 0 aromatic carbocycles. The molecule has 0 heterocycles. The molecule has 0 N–H and O–H groups in total. The van der Waals surface area contributed by atoms with Crippen molar-refractivity contribution in [1.82, 2.24) is 0 Å². The fraction of sp³-hybridized carbons (Fsp3) is 0.667. The molecule has 0 bridgehead atoms. The number of ether oxygens (including phenoxy) is 1. The minimum Gasteiger partial charge on any atom is -0.501 e. The SMILES string of the molecule is CCO/C=C(/C=C(C)C)P(=O)(OCC)OCC. The smallest absolute Gasteiger partial charge is 0.364 e. The fourth-order valence-electron chi connectivity index (χ4n) is 1.17. The van der Waals surface area contributed by atoms with Crippen LogP contribution in [0.2, 0.25) is 0 Å². The van der Waals surface area contributed by atoms with Gasteiger partial charge in [-0.25, -0.2) is 0 Å². The molecule has 0 atom stereocenters. The van der Waals surface area contributed by atoms with Gasteiger partial charge < -0.3 is 13.8 Å². The summed E-state index contributed by atoms with van der Waals surface area (Å²) in [6.45, 7) is 10.4. The van der Waals surface area contributed by atoms with Crippen molar-refractivity contribution in [2.45, 2.75) is 34.6 Å². The third-order valence-electron chi connectivity index (χ3n) is 1.72. The van der Waals surface area contributed by atoms with Crippen molar-refractivity contribution in [2.24, 2.45) is 0 Å². The molecule has 0 saturated carbocycles. The van der Waals surface area contributed by atoms with Crippen molar-refractivity contribution in [3.63, 3.8) is 0 Å². The molecular formula is C12H23O4P. The summed E-state index contributed by atoms with van der Waals surface area (Å²) in [5.74, 6) is 0. The van der Waals surface area contributed by atoms with Gasteiger partial charge in [-0.3, -0.25) is 4.57 Å². The number of hydrogen-bond acceptors (Lipinski definition) is 4. The van der Waals surface area contributed by atoms with E-state index < -0.39 is 7.60 Å². The minimum absolute atomic E-state index is 0.331. The van der Waals surface area contributed by atoms with E-state index >= 15 is 0 Å². The van der Waals surface area contributed by atoms with Crippen molar-refractivity contribution in [1.29, 1.82) is 0 Å². The molecule has 0 radical (unpaired) electrons. The number of rotatable bonds is 8. The van der Waals surface area contributed by atoms with Crippen LogP contribution in [0.5, 0.6) is 0 Å². The van der Waals surface area contributed by atoms with Crippen molar-refractivity contribution in [2.75, 3.05) is 19.8 Å². The van der Waals surface area contributed by atoms with Crippen LogP contribution in [0, 0.1) is 0 Å². The van der Waals surface area contributed by atoms with E-state index in [4.69, 9.17) is 13.8 Å². The lowest BCUT2D eigenvalue weighted by atomic mass is 10.3. The molecule has 0 aliphatic rings. The quantitative estimate of drug-likeness (QED) is 0.375. The van der Waals surface area contributed by atoms with Crippen LogP contribution in [0.25, 0.3) is 0 Å². The van der Waals surface area contributed by atoms with Gasteiger partial charge >= 0.3 is 7.60 Å². The Labute approximate surface area is 104 Å². The van der Waals surface area contributed by atoms with Crippen molar-refractivity contribution in [3.8, 4) is 0 Å². The molecule has 5 heteroatoms. The van der Waals surface area contributed by atoms with Gasteiger partial charge in [0.25, 0.3) is 0 Å². The number of hydrogen-bond donors (Lipinski definition) is 0. The first kappa shape index (κ1) is 16.4. The Morgan fingerprint density at radius 2 is 1.59 bits per heavy atom. The van der Waals surface area contributed by atoms with Gasteiger partial charge in [0.1, 0.15) is 0 Å². The Kier molecular flexibility index (Phi) is 8.23. The first-order valence-electron chi connectivity index (χ1n) is 5.86. The van der Waals surface area contributed by atoms with E-state index in [1.54, 1.807) is 19.9 Å². The Morgan fingerprint density at radius 3 is 1.94 bits per heavy atom. The molecule has 4 nitrogen and oxygen atoms in total. The highest BCUT2D eigenvalue weighted by Crippen LogP contribution is 2.56. The van der Waals surface area contributed by atoms with E-state index in [2.05, 4.69) is 0 Å². The highest BCUT2D eigenvalue weighted by Gasteiger charge is 2.28. The van der Waals surface area contributed by atoms with Gasteiger partial charge in [0.2, 0.25) is 0 Å². The van der Waals surface area contributed by atoms with Gasteiger partial charge in [-0.05, 0) is 40.7 Å². The maximum Gasteiger partial charge on any atom is 0.364 e. The normalized spacial score (nSPS) is 12.4. The molecule has 0 aliphatic heterocycles. The molecule has 0 fully saturated rings. The zero-order chi connectivity index (χ0) is 13.3. The zero-order valence-corrected chi connectivity index (χ0v) is 12.3.